The van der Waals surface area contributed by atoms with Crippen LogP contribution < -0.4 is 5.32 Å². The van der Waals surface area contributed by atoms with Gasteiger partial charge in [-0.1, -0.05) is 0 Å². The van der Waals surface area contributed by atoms with E-state index in [-0.39, 0.29) is 18.4 Å². The van der Waals surface area contributed by atoms with Crippen molar-refractivity contribution < 1.29 is 14.7 Å². The quantitative estimate of drug-likeness (QED) is 0.744. The first-order valence-corrected chi connectivity index (χ1v) is 6.22. The average molecular weight is 242 g/mol. The Labute approximate surface area is 102 Å². The summed E-state index contributed by atoms with van der Waals surface area (Å²) in [6.07, 6.45) is 2.89. The van der Waals surface area contributed by atoms with E-state index in [1.807, 2.05) is 11.8 Å². The zero-order valence-corrected chi connectivity index (χ0v) is 10.6. The van der Waals surface area contributed by atoms with E-state index in [4.69, 9.17) is 5.11 Å². The maximum Gasteiger partial charge on any atom is 0.303 e. The van der Waals surface area contributed by atoms with Crippen LogP contribution in [0.25, 0.3) is 0 Å². The number of carbonyl (C=O) groups excluding carboxylic acids is 1. The molecule has 1 fully saturated rings. The van der Waals surface area contributed by atoms with Crippen LogP contribution in [-0.2, 0) is 9.59 Å². The maximum atomic E-state index is 12.0. The van der Waals surface area contributed by atoms with Crippen molar-refractivity contribution in [1.82, 2.24) is 10.2 Å². The van der Waals surface area contributed by atoms with Gasteiger partial charge in [0.05, 0.1) is 6.04 Å². The summed E-state index contributed by atoms with van der Waals surface area (Å²) in [6, 6.07) is -0.159. The van der Waals surface area contributed by atoms with Gasteiger partial charge < -0.3 is 15.3 Å². The second kappa shape index (κ2) is 6.59. The summed E-state index contributed by atoms with van der Waals surface area (Å²) in [5.41, 5.74) is 0. The van der Waals surface area contributed by atoms with E-state index in [9.17, 15) is 9.59 Å². The molecular weight excluding hydrogens is 220 g/mol. The number of nitrogens with one attached hydrogen (secondary N) is 1. The molecule has 1 saturated heterocycles. The number of hydrogen-bond acceptors (Lipinski definition) is 3. The van der Waals surface area contributed by atoms with E-state index in [0.29, 0.717) is 18.9 Å². The lowest BCUT2D eigenvalue weighted by Crippen LogP contribution is -2.47. The van der Waals surface area contributed by atoms with E-state index in [2.05, 4.69) is 5.32 Å². The topological polar surface area (TPSA) is 69.6 Å². The molecule has 2 unspecified atom stereocenters. The Hall–Kier alpha value is -1.10. The van der Waals surface area contributed by atoms with Crippen LogP contribution in [0.5, 0.6) is 0 Å². The van der Waals surface area contributed by atoms with Gasteiger partial charge in [-0.15, -0.1) is 0 Å². The number of carboxylic acids is 1. The van der Waals surface area contributed by atoms with Gasteiger partial charge in [0.15, 0.2) is 0 Å². The molecule has 0 aromatic rings. The van der Waals surface area contributed by atoms with Gasteiger partial charge in [0, 0.05) is 19.5 Å². The zero-order valence-electron chi connectivity index (χ0n) is 10.6. The standard InChI is InChI=1S/C12H22N2O3/c1-9(13-2)12(17)14-7-3-4-10(8-14)5-6-11(15)16/h9-10,13H,3-8H2,1-2H3,(H,15,16). The lowest BCUT2D eigenvalue weighted by Gasteiger charge is -2.34. The molecule has 0 bridgehead atoms. The number of amides is 1. The fourth-order valence-corrected chi connectivity index (χ4v) is 2.23. The van der Waals surface area contributed by atoms with Crippen LogP contribution >= 0.6 is 0 Å². The van der Waals surface area contributed by atoms with Gasteiger partial charge in [-0.3, -0.25) is 9.59 Å². The van der Waals surface area contributed by atoms with Crippen molar-refractivity contribution in [2.24, 2.45) is 5.92 Å². The van der Waals surface area contributed by atoms with E-state index in [0.717, 1.165) is 19.4 Å². The average Bonchev–Trinajstić information content (AvgIpc) is 2.34. The summed E-state index contributed by atoms with van der Waals surface area (Å²) >= 11 is 0. The van der Waals surface area contributed by atoms with Crippen LogP contribution in [0.3, 0.4) is 0 Å². The van der Waals surface area contributed by atoms with Crippen molar-refractivity contribution in [3.8, 4) is 0 Å². The number of piperidine rings is 1. The van der Waals surface area contributed by atoms with Crippen LogP contribution in [0, 0.1) is 5.92 Å². The zero-order chi connectivity index (χ0) is 12.8. The van der Waals surface area contributed by atoms with Gasteiger partial charge in [0.2, 0.25) is 5.91 Å². The molecule has 1 heterocycles. The fraction of sp³-hybridized carbons (Fsp3) is 0.833. The molecule has 0 radical (unpaired) electrons. The number of rotatable bonds is 5. The Bertz CT molecular complexity index is 281. The number of hydrogen-bond donors (Lipinski definition) is 2. The van der Waals surface area contributed by atoms with Crippen molar-refractivity contribution in [2.45, 2.75) is 38.6 Å². The Morgan fingerprint density at radius 1 is 1.53 bits per heavy atom. The highest BCUT2D eigenvalue weighted by Gasteiger charge is 2.26. The second-order valence-electron chi connectivity index (χ2n) is 4.74. The lowest BCUT2D eigenvalue weighted by atomic mass is 9.93. The van der Waals surface area contributed by atoms with Crippen molar-refractivity contribution in [2.75, 3.05) is 20.1 Å². The largest absolute Gasteiger partial charge is 0.481 e. The van der Waals surface area contributed by atoms with E-state index in [1.165, 1.54) is 0 Å². The third kappa shape index (κ3) is 4.34. The number of likely N-dealkylation sites (tertiary alicyclic amines) is 1. The second-order valence-corrected chi connectivity index (χ2v) is 4.74. The number of carbonyl (C=O) groups is 2. The summed E-state index contributed by atoms with van der Waals surface area (Å²) in [4.78, 5) is 24.3. The summed E-state index contributed by atoms with van der Waals surface area (Å²) < 4.78 is 0. The molecule has 1 aliphatic rings. The van der Waals surface area contributed by atoms with Crippen molar-refractivity contribution in [1.29, 1.82) is 0 Å². The third-order valence-corrected chi connectivity index (χ3v) is 3.40. The van der Waals surface area contributed by atoms with Crippen molar-refractivity contribution >= 4 is 11.9 Å². The molecule has 0 saturated carbocycles. The van der Waals surface area contributed by atoms with Crippen molar-refractivity contribution in [3.05, 3.63) is 0 Å². The van der Waals surface area contributed by atoms with Gasteiger partial charge in [-0.2, -0.15) is 0 Å². The molecule has 1 aliphatic heterocycles. The third-order valence-electron chi connectivity index (χ3n) is 3.40. The molecule has 17 heavy (non-hydrogen) atoms. The number of carboxylic acid groups (broad SMARTS) is 1. The maximum absolute atomic E-state index is 12.0. The minimum Gasteiger partial charge on any atom is -0.481 e. The van der Waals surface area contributed by atoms with Gasteiger partial charge in [0.1, 0.15) is 0 Å². The highest BCUT2D eigenvalue weighted by molar-refractivity contribution is 5.81. The minimum absolute atomic E-state index is 0.118. The first-order chi connectivity index (χ1) is 8.04. The molecule has 0 aliphatic carbocycles. The predicted molar refractivity (Wildman–Crippen MR) is 64.7 cm³/mol. The van der Waals surface area contributed by atoms with E-state index >= 15 is 0 Å². The summed E-state index contributed by atoms with van der Waals surface area (Å²) in [6.45, 7) is 3.36. The molecule has 1 rings (SSSR count). The van der Waals surface area contributed by atoms with E-state index in [1.54, 1.807) is 7.05 Å². The highest BCUT2D eigenvalue weighted by Crippen LogP contribution is 2.21. The van der Waals surface area contributed by atoms with Gasteiger partial charge in [0.25, 0.3) is 0 Å². The van der Waals surface area contributed by atoms with Crippen LogP contribution in [0.2, 0.25) is 0 Å². The smallest absolute Gasteiger partial charge is 0.303 e. The van der Waals surface area contributed by atoms with Gasteiger partial charge in [-0.25, -0.2) is 0 Å². The molecule has 5 nitrogen and oxygen atoms in total. The fourth-order valence-electron chi connectivity index (χ4n) is 2.23. The van der Waals surface area contributed by atoms with Crippen LogP contribution in [-0.4, -0.2) is 48.1 Å². The Balaban J connectivity index is 2.43. The Morgan fingerprint density at radius 2 is 2.24 bits per heavy atom. The van der Waals surface area contributed by atoms with Gasteiger partial charge >= 0.3 is 5.97 Å². The molecule has 5 heteroatoms. The van der Waals surface area contributed by atoms with Crippen molar-refractivity contribution in [3.63, 3.8) is 0 Å². The molecule has 2 N–H and O–H groups in total. The predicted octanol–water partition coefficient (Wildman–Crippen LogP) is 0.698. The number of aliphatic carboxylic acids is 1. The number of nitrogens with zero attached hydrogens (tertiary/aromatic N) is 1. The molecule has 1 amide bonds. The Morgan fingerprint density at radius 3 is 2.82 bits per heavy atom. The summed E-state index contributed by atoms with van der Waals surface area (Å²) in [7, 11) is 1.77. The van der Waals surface area contributed by atoms with Crippen LogP contribution in [0.1, 0.15) is 32.6 Å². The molecular formula is C12H22N2O3. The van der Waals surface area contributed by atoms with Crippen LogP contribution in [0.15, 0.2) is 0 Å². The molecule has 98 valence electrons. The van der Waals surface area contributed by atoms with Gasteiger partial charge in [-0.05, 0) is 39.2 Å². The summed E-state index contributed by atoms with van der Waals surface area (Å²) in [5.74, 6) is -0.294. The first kappa shape index (κ1) is 14.0. The minimum atomic E-state index is -0.753. The first-order valence-electron chi connectivity index (χ1n) is 6.22. The monoisotopic (exact) mass is 242 g/mol. The lowest BCUT2D eigenvalue weighted by molar-refractivity contribution is -0.137. The molecule has 0 spiro atoms. The number of likely N-dealkylation sites (N-methyl/N-ethyl adjacent to an activating group) is 1. The molecule has 2 atom stereocenters. The normalized spacial score (nSPS) is 22.2. The molecule has 0 aromatic carbocycles. The molecule has 0 aromatic heterocycles. The van der Waals surface area contributed by atoms with E-state index < -0.39 is 5.97 Å². The highest BCUT2D eigenvalue weighted by atomic mass is 16.4. The van der Waals surface area contributed by atoms with Crippen LogP contribution in [0.4, 0.5) is 0 Å². The SMILES string of the molecule is CNC(C)C(=O)N1CCCC(CCC(=O)O)C1. The Kier molecular flexibility index (Phi) is 5.41. The summed E-state index contributed by atoms with van der Waals surface area (Å²) in [5, 5.41) is 11.6.